The summed E-state index contributed by atoms with van der Waals surface area (Å²) in [5.41, 5.74) is -0.427. The number of amides is 1. The number of hydrogen-bond donors (Lipinski definition) is 2. The fourth-order valence-corrected chi connectivity index (χ4v) is 0.744. The standard InChI is InChI=1S/C9H17N3O2/c1-9(2,7-13)12(3)6-8(14)11-5-4-10/h13H,5-7H2,1-3H3,(H,11,14). The monoisotopic (exact) mass is 199 g/mol. The number of likely N-dealkylation sites (N-methyl/N-ethyl adjacent to an activating group) is 1. The molecule has 0 spiro atoms. The molecule has 0 aliphatic carbocycles. The van der Waals surface area contributed by atoms with E-state index in [0.29, 0.717) is 0 Å². The van der Waals surface area contributed by atoms with Crippen LogP contribution in [0.2, 0.25) is 0 Å². The molecule has 1 amide bonds. The fraction of sp³-hybridized carbons (Fsp3) is 0.778. The number of nitrogens with one attached hydrogen (secondary N) is 1. The van der Waals surface area contributed by atoms with Gasteiger partial charge in [0, 0.05) is 5.54 Å². The van der Waals surface area contributed by atoms with Gasteiger partial charge in [-0.25, -0.2) is 0 Å². The Balaban J connectivity index is 4.00. The summed E-state index contributed by atoms with van der Waals surface area (Å²) in [5.74, 6) is -0.212. The molecule has 0 unspecified atom stereocenters. The van der Waals surface area contributed by atoms with E-state index in [1.807, 2.05) is 19.9 Å². The second-order valence-electron chi connectivity index (χ2n) is 3.76. The van der Waals surface area contributed by atoms with Gasteiger partial charge in [0.15, 0.2) is 0 Å². The van der Waals surface area contributed by atoms with Crippen molar-refractivity contribution in [3.63, 3.8) is 0 Å². The number of nitrogens with zero attached hydrogens (tertiary/aromatic N) is 2. The summed E-state index contributed by atoms with van der Waals surface area (Å²) in [6, 6.07) is 1.82. The van der Waals surface area contributed by atoms with Gasteiger partial charge >= 0.3 is 0 Å². The van der Waals surface area contributed by atoms with Crippen molar-refractivity contribution in [3.05, 3.63) is 0 Å². The van der Waals surface area contributed by atoms with Crippen LogP contribution < -0.4 is 5.32 Å². The van der Waals surface area contributed by atoms with Gasteiger partial charge in [-0.2, -0.15) is 5.26 Å². The van der Waals surface area contributed by atoms with Gasteiger partial charge in [0.1, 0.15) is 6.54 Å². The predicted octanol–water partition coefficient (Wildman–Crippen LogP) is -0.671. The third-order valence-corrected chi connectivity index (χ3v) is 2.17. The molecular weight excluding hydrogens is 182 g/mol. The molecule has 0 atom stereocenters. The first-order valence-electron chi connectivity index (χ1n) is 4.40. The predicted molar refractivity (Wildman–Crippen MR) is 52.4 cm³/mol. The quantitative estimate of drug-likeness (QED) is 0.576. The summed E-state index contributed by atoms with van der Waals surface area (Å²) >= 11 is 0. The van der Waals surface area contributed by atoms with Crippen LogP contribution in [0.4, 0.5) is 0 Å². The maximum atomic E-state index is 11.2. The van der Waals surface area contributed by atoms with Crippen LogP contribution in [0.1, 0.15) is 13.8 Å². The molecule has 0 aliphatic heterocycles. The van der Waals surface area contributed by atoms with Crippen molar-refractivity contribution in [2.45, 2.75) is 19.4 Å². The van der Waals surface area contributed by atoms with Gasteiger partial charge in [-0.1, -0.05) is 0 Å². The maximum absolute atomic E-state index is 11.2. The van der Waals surface area contributed by atoms with Crippen LogP contribution in [0.15, 0.2) is 0 Å². The van der Waals surface area contributed by atoms with E-state index in [9.17, 15) is 4.79 Å². The Bertz CT molecular complexity index is 233. The Morgan fingerprint density at radius 1 is 1.64 bits per heavy atom. The molecule has 0 saturated carbocycles. The van der Waals surface area contributed by atoms with Gasteiger partial charge in [-0.15, -0.1) is 0 Å². The zero-order valence-electron chi connectivity index (χ0n) is 8.87. The van der Waals surface area contributed by atoms with Crippen LogP contribution in [-0.4, -0.2) is 48.2 Å². The second-order valence-corrected chi connectivity index (χ2v) is 3.76. The van der Waals surface area contributed by atoms with Crippen LogP contribution >= 0.6 is 0 Å². The van der Waals surface area contributed by atoms with Crippen LogP contribution in [0.25, 0.3) is 0 Å². The molecule has 0 aromatic carbocycles. The first-order valence-corrected chi connectivity index (χ1v) is 4.40. The third kappa shape index (κ3) is 4.21. The van der Waals surface area contributed by atoms with E-state index < -0.39 is 5.54 Å². The highest BCUT2D eigenvalue weighted by Gasteiger charge is 2.23. The summed E-state index contributed by atoms with van der Waals surface area (Å²) in [6.45, 7) is 3.85. The Morgan fingerprint density at radius 3 is 2.64 bits per heavy atom. The summed E-state index contributed by atoms with van der Waals surface area (Å²) in [6.07, 6.45) is 0. The third-order valence-electron chi connectivity index (χ3n) is 2.17. The molecule has 5 nitrogen and oxygen atoms in total. The highest BCUT2D eigenvalue weighted by Crippen LogP contribution is 2.09. The molecule has 0 heterocycles. The van der Waals surface area contributed by atoms with Crippen LogP contribution in [-0.2, 0) is 4.79 Å². The molecule has 80 valence electrons. The molecular formula is C9H17N3O2. The fourth-order valence-electron chi connectivity index (χ4n) is 0.744. The van der Waals surface area contributed by atoms with Crippen molar-refractivity contribution in [1.29, 1.82) is 5.26 Å². The zero-order valence-corrected chi connectivity index (χ0v) is 8.87. The van der Waals surface area contributed by atoms with E-state index in [1.165, 1.54) is 0 Å². The Hall–Kier alpha value is -1.12. The maximum Gasteiger partial charge on any atom is 0.235 e. The van der Waals surface area contributed by atoms with Crippen LogP contribution in [0.5, 0.6) is 0 Å². The number of rotatable bonds is 5. The number of carbonyl (C=O) groups excluding carboxylic acids is 1. The average Bonchev–Trinajstić information content (AvgIpc) is 2.14. The molecule has 0 aromatic rings. The van der Waals surface area contributed by atoms with E-state index in [4.69, 9.17) is 10.4 Å². The lowest BCUT2D eigenvalue weighted by molar-refractivity contribution is -0.123. The number of carbonyl (C=O) groups is 1. The van der Waals surface area contributed by atoms with Gasteiger partial charge in [0.2, 0.25) is 5.91 Å². The van der Waals surface area contributed by atoms with E-state index >= 15 is 0 Å². The van der Waals surface area contributed by atoms with Gasteiger partial charge in [0.05, 0.1) is 19.2 Å². The minimum absolute atomic E-state index is 0.0188. The van der Waals surface area contributed by atoms with Gasteiger partial charge < -0.3 is 10.4 Å². The highest BCUT2D eigenvalue weighted by atomic mass is 16.3. The van der Waals surface area contributed by atoms with E-state index in [-0.39, 0.29) is 25.6 Å². The van der Waals surface area contributed by atoms with Crippen molar-refractivity contribution < 1.29 is 9.90 Å². The minimum atomic E-state index is -0.427. The van der Waals surface area contributed by atoms with Crippen molar-refractivity contribution >= 4 is 5.91 Å². The Morgan fingerprint density at radius 2 is 2.21 bits per heavy atom. The summed E-state index contributed by atoms with van der Waals surface area (Å²) in [4.78, 5) is 12.9. The number of nitriles is 1. The largest absolute Gasteiger partial charge is 0.394 e. The van der Waals surface area contributed by atoms with E-state index in [1.54, 1.807) is 11.9 Å². The second kappa shape index (κ2) is 5.58. The lowest BCUT2D eigenvalue weighted by Crippen LogP contribution is -2.48. The summed E-state index contributed by atoms with van der Waals surface area (Å²) in [5, 5.41) is 19.7. The SMILES string of the molecule is CN(CC(=O)NCC#N)C(C)(C)CO. The highest BCUT2D eigenvalue weighted by molar-refractivity contribution is 5.78. The lowest BCUT2D eigenvalue weighted by atomic mass is 10.1. The topological polar surface area (TPSA) is 76.4 Å². The Kier molecular flexibility index (Phi) is 5.13. The van der Waals surface area contributed by atoms with Gasteiger partial charge in [-0.3, -0.25) is 9.69 Å². The van der Waals surface area contributed by atoms with Crippen molar-refractivity contribution in [2.24, 2.45) is 0 Å². The number of aliphatic hydroxyl groups is 1. The first kappa shape index (κ1) is 12.9. The molecule has 0 aromatic heterocycles. The number of hydrogen-bond acceptors (Lipinski definition) is 4. The smallest absolute Gasteiger partial charge is 0.235 e. The molecule has 0 aliphatic rings. The van der Waals surface area contributed by atoms with Crippen molar-refractivity contribution in [2.75, 3.05) is 26.7 Å². The molecule has 14 heavy (non-hydrogen) atoms. The summed E-state index contributed by atoms with van der Waals surface area (Å²) in [7, 11) is 1.75. The van der Waals surface area contributed by atoms with Gasteiger partial charge in [0.25, 0.3) is 0 Å². The molecule has 0 rings (SSSR count). The first-order chi connectivity index (χ1) is 6.44. The molecule has 5 heteroatoms. The lowest BCUT2D eigenvalue weighted by Gasteiger charge is -2.33. The summed E-state index contributed by atoms with van der Waals surface area (Å²) < 4.78 is 0. The molecule has 0 radical (unpaired) electrons. The minimum Gasteiger partial charge on any atom is -0.394 e. The normalized spacial score (nSPS) is 11.1. The van der Waals surface area contributed by atoms with Crippen LogP contribution in [0.3, 0.4) is 0 Å². The van der Waals surface area contributed by atoms with Crippen molar-refractivity contribution in [1.82, 2.24) is 10.2 Å². The van der Waals surface area contributed by atoms with Gasteiger partial charge in [-0.05, 0) is 20.9 Å². The molecule has 0 fully saturated rings. The average molecular weight is 199 g/mol. The molecule has 0 bridgehead atoms. The van der Waals surface area contributed by atoms with E-state index in [0.717, 1.165) is 0 Å². The molecule has 0 saturated heterocycles. The Labute approximate surface area is 84.3 Å². The van der Waals surface area contributed by atoms with Crippen molar-refractivity contribution in [3.8, 4) is 6.07 Å². The number of aliphatic hydroxyl groups excluding tert-OH is 1. The van der Waals surface area contributed by atoms with E-state index in [2.05, 4.69) is 5.32 Å². The molecule has 2 N–H and O–H groups in total. The zero-order chi connectivity index (χ0) is 11.2. The van der Waals surface area contributed by atoms with Crippen LogP contribution in [0, 0.1) is 11.3 Å².